The molecule has 1 amide bonds. The second-order valence-corrected chi connectivity index (χ2v) is 15.3. The van der Waals surface area contributed by atoms with Crippen molar-refractivity contribution in [2.24, 2.45) is 11.3 Å². The van der Waals surface area contributed by atoms with E-state index in [-0.39, 0.29) is 30.6 Å². The van der Waals surface area contributed by atoms with Gasteiger partial charge in [0, 0.05) is 17.7 Å². The number of nitrogens with zero attached hydrogens (tertiary/aromatic N) is 3. The lowest BCUT2D eigenvalue weighted by atomic mass is 9.69. The quantitative estimate of drug-likeness (QED) is 0.162. The summed E-state index contributed by atoms with van der Waals surface area (Å²) < 4.78 is 17.2. The minimum Gasteiger partial charge on any atom is -0.456 e. The number of rotatable bonds is 6. The molecule has 2 aromatic heterocycles. The third-order valence-electron chi connectivity index (χ3n) is 9.40. The molecular weight excluding hydrogens is 670 g/mol. The number of carbonyl (C=O) groups is 2. The number of benzene rings is 3. The molecule has 0 bridgehead atoms. The van der Waals surface area contributed by atoms with E-state index in [1.165, 1.54) is 23.2 Å². The topological polar surface area (TPSA) is 90.9 Å². The first-order valence-corrected chi connectivity index (χ1v) is 17.8. The molecule has 50 heavy (non-hydrogen) atoms. The fraction of sp³-hybridized carbons (Fsp3) is 0.300. The molecule has 3 aromatic carbocycles. The van der Waals surface area contributed by atoms with Gasteiger partial charge in [0.15, 0.2) is 16.6 Å². The smallest absolute Gasteiger partial charge is 0.339 e. The molecule has 0 fully saturated rings. The molecule has 1 atom stereocenters. The van der Waals surface area contributed by atoms with Crippen LogP contribution in [0, 0.1) is 25.2 Å². The van der Waals surface area contributed by atoms with E-state index in [9.17, 15) is 9.59 Å². The number of pyridine rings is 1. The Morgan fingerprint density at radius 3 is 2.58 bits per heavy atom. The van der Waals surface area contributed by atoms with Crippen LogP contribution in [0.4, 0.5) is 10.8 Å². The van der Waals surface area contributed by atoms with Gasteiger partial charge >= 0.3 is 5.97 Å². The maximum Gasteiger partial charge on any atom is 0.339 e. The van der Waals surface area contributed by atoms with Gasteiger partial charge in [-0.1, -0.05) is 62.7 Å². The maximum atomic E-state index is 14.2. The van der Waals surface area contributed by atoms with Gasteiger partial charge in [-0.2, -0.15) is 0 Å². The molecule has 8 nitrogen and oxygen atoms in total. The van der Waals surface area contributed by atoms with Crippen LogP contribution < -0.4 is 14.4 Å². The third kappa shape index (κ3) is 6.48. The standard InChI is InChI=1S/C40H38ClN3O5S/c1-22-13-23(2)37(31(41)14-22)44(24(3)45)39-42-28(20-50-39)19-47-38(46)35-29-9-7-8-10-32(29)43-36-26(17-27(18-30(35)36)40(4,5)6)15-25-11-12-33-34(16-25)49-21-48-33/h7-16,20,27H,17-19,21H2,1-6H3/b26-15-. The summed E-state index contributed by atoms with van der Waals surface area (Å²) in [7, 11) is 0. The minimum atomic E-state index is -0.438. The van der Waals surface area contributed by atoms with Gasteiger partial charge in [-0.15, -0.1) is 11.3 Å². The zero-order valence-electron chi connectivity index (χ0n) is 28.9. The molecule has 10 heteroatoms. The predicted octanol–water partition coefficient (Wildman–Crippen LogP) is 9.88. The first-order chi connectivity index (χ1) is 23.9. The number of anilines is 2. The van der Waals surface area contributed by atoms with Crippen molar-refractivity contribution in [2.75, 3.05) is 11.7 Å². The molecule has 0 spiro atoms. The van der Waals surface area contributed by atoms with Crippen molar-refractivity contribution < 1.29 is 23.8 Å². The second kappa shape index (κ2) is 13.2. The number of hydrogen-bond acceptors (Lipinski definition) is 8. The van der Waals surface area contributed by atoms with Crippen LogP contribution in [0.25, 0.3) is 22.6 Å². The van der Waals surface area contributed by atoms with E-state index in [0.29, 0.717) is 39.3 Å². The Hall–Kier alpha value is -4.73. The number of allylic oxidation sites excluding steroid dienone is 1. The SMILES string of the molecule is CC(=O)N(c1nc(COC(=O)c2c3c(nc4ccccc24)/C(=C\c2ccc4c(c2)OCO4)CC(C(C)(C)C)C3)cs1)c1c(C)cc(C)cc1Cl. The van der Waals surface area contributed by atoms with Crippen molar-refractivity contribution in [3.05, 3.63) is 104 Å². The Morgan fingerprint density at radius 1 is 1.04 bits per heavy atom. The van der Waals surface area contributed by atoms with Crippen molar-refractivity contribution in [1.29, 1.82) is 0 Å². The van der Waals surface area contributed by atoms with E-state index in [2.05, 4.69) is 26.8 Å². The lowest BCUT2D eigenvalue weighted by Crippen LogP contribution is -2.28. The lowest BCUT2D eigenvalue weighted by Gasteiger charge is -2.36. The van der Waals surface area contributed by atoms with Crippen LogP contribution in [-0.4, -0.2) is 28.6 Å². The van der Waals surface area contributed by atoms with Crippen molar-refractivity contribution in [3.8, 4) is 11.5 Å². The fourth-order valence-electron chi connectivity index (χ4n) is 6.83. The van der Waals surface area contributed by atoms with E-state index < -0.39 is 5.97 Å². The van der Waals surface area contributed by atoms with Crippen molar-refractivity contribution in [1.82, 2.24) is 9.97 Å². The van der Waals surface area contributed by atoms with Crippen LogP contribution in [0.3, 0.4) is 0 Å². The summed E-state index contributed by atoms with van der Waals surface area (Å²) in [5, 5.41) is 3.48. The molecule has 7 rings (SSSR count). The molecule has 1 aliphatic heterocycles. The summed E-state index contributed by atoms with van der Waals surface area (Å²) in [6.07, 6.45) is 3.64. The van der Waals surface area contributed by atoms with Gasteiger partial charge in [0.05, 0.1) is 33.2 Å². The number of carbonyl (C=O) groups excluding carboxylic acids is 2. The number of esters is 1. The second-order valence-electron chi connectivity index (χ2n) is 14.0. The maximum absolute atomic E-state index is 14.2. The summed E-state index contributed by atoms with van der Waals surface area (Å²) in [4.78, 5) is 38.5. The monoisotopic (exact) mass is 707 g/mol. The Morgan fingerprint density at radius 2 is 1.82 bits per heavy atom. The average Bonchev–Trinajstić information content (AvgIpc) is 3.73. The van der Waals surface area contributed by atoms with E-state index in [1.54, 1.807) is 5.38 Å². The van der Waals surface area contributed by atoms with Crippen LogP contribution in [0.1, 0.15) is 78.1 Å². The summed E-state index contributed by atoms with van der Waals surface area (Å²) >= 11 is 7.91. The number of hydrogen-bond donors (Lipinski definition) is 0. The van der Waals surface area contributed by atoms with E-state index in [4.69, 9.17) is 35.8 Å². The van der Waals surface area contributed by atoms with E-state index >= 15 is 0 Å². The molecule has 2 aliphatic rings. The van der Waals surface area contributed by atoms with Crippen LogP contribution in [0.2, 0.25) is 5.02 Å². The van der Waals surface area contributed by atoms with Gasteiger partial charge < -0.3 is 14.2 Å². The van der Waals surface area contributed by atoms with Crippen LogP contribution >= 0.6 is 22.9 Å². The van der Waals surface area contributed by atoms with Crippen LogP contribution in [0.15, 0.2) is 60.0 Å². The Kier molecular flexibility index (Phi) is 8.90. The van der Waals surface area contributed by atoms with Gasteiger partial charge in [0.2, 0.25) is 12.7 Å². The van der Waals surface area contributed by atoms with Gasteiger partial charge in [-0.25, -0.2) is 14.8 Å². The van der Waals surface area contributed by atoms with Crippen LogP contribution in [-0.2, 0) is 22.6 Å². The lowest BCUT2D eigenvalue weighted by molar-refractivity contribution is -0.115. The molecule has 256 valence electrons. The normalized spacial score (nSPS) is 16.1. The van der Waals surface area contributed by atoms with Crippen LogP contribution in [0.5, 0.6) is 11.5 Å². The van der Waals surface area contributed by atoms with Crippen molar-refractivity contribution in [3.63, 3.8) is 0 Å². The number of aromatic nitrogens is 2. The molecule has 3 heterocycles. The number of fused-ring (bicyclic) bond motifs is 3. The predicted molar refractivity (Wildman–Crippen MR) is 198 cm³/mol. The molecule has 0 saturated carbocycles. The molecule has 1 unspecified atom stereocenters. The van der Waals surface area contributed by atoms with Gasteiger partial charge in [0.1, 0.15) is 6.61 Å². The first-order valence-electron chi connectivity index (χ1n) is 16.6. The molecule has 0 saturated heterocycles. The van der Waals surface area contributed by atoms with Crippen molar-refractivity contribution >= 4 is 68.2 Å². The third-order valence-corrected chi connectivity index (χ3v) is 10.6. The summed E-state index contributed by atoms with van der Waals surface area (Å²) in [5.41, 5.74) is 7.95. The number of amides is 1. The summed E-state index contributed by atoms with van der Waals surface area (Å²) in [6, 6.07) is 17.4. The number of ether oxygens (including phenoxy) is 3. The van der Waals surface area contributed by atoms with Gasteiger partial charge in [-0.3, -0.25) is 9.69 Å². The Balaban J connectivity index is 1.24. The van der Waals surface area contributed by atoms with E-state index in [1.807, 2.05) is 68.4 Å². The Bertz CT molecular complexity index is 2180. The number of aryl methyl sites for hydroxylation is 2. The highest BCUT2D eigenvalue weighted by Gasteiger charge is 2.36. The number of halogens is 1. The largest absolute Gasteiger partial charge is 0.456 e. The highest BCUT2D eigenvalue weighted by molar-refractivity contribution is 7.14. The zero-order valence-corrected chi connectivity index (χ0v) is 30.5. The molecule has 1 aliphatic carbocycles. The van der Waals surface area contributed by atoms with E-state index in [0.717, 1.165) is 56.6 Å². The molecule has 0 N–H and O–H groups in total. The molecular formula is C40H38ClN3O5S. The minimum absolute atomic E-state index is 0.0310. The number of para-hydroxylation sites is 1. The first kappa shape index (κ1) is 33.8. The fourth-order valence-corrected chi connectivity index (χ4v) is 8.09. The summed E-state index contributed by atoms with van der Waals surface area (Å²) in [6.45, 7) is 12.2. The average molecular weight is 708 g/mol. The molecule has 0 radical (unpaired) electrons. The highest BCUT2D eigenvalue weighted by Crippen LogP contribution is 2.46. The van der Waals surface area contributed by atoms with Gasteiger partial charge in [0.25, 0.3) is 0 Å². The Labute approximate surface area is 300 Å². The van der Waals surface area contributed by atoms with Crippen molar-refractivity contribution in [2.45, 2.75) is 61.0 Å². The summed E-state index contributed by atoms with van der Waals surface area (Å²) in [5.74, 6) is 1.04. The number of thiazole rings is 1. The highest BCUT2D eigenvalue weighted by atomic mass is 35.5. The zero-order chi connectivity index (χ0) is 35.3. The van der Waals surface area contributed by atoms with Gasteiger partial charge in [-0.05, 0) is 96.2 Å². The molecule has 5 aromatic rings.